The first kappa shape index (κ1) is 13.8. The van der Waals surface area contributed by atoms with Crippen molar-refractivity contribution in [1.82, 2.24) is 10.2 Å². The molecule has 2 fully saturated rings. The van der Waals surface area contributed by atoms with Crippen LogP contribution in [0.4, 0.5) is 0 Å². The standard InChI is InChI=1S/C14H27N3O/c1-2-16-14(13(15)18,12-7-8-12)11-17-9-5-3-4-6-10-17/h12,16H,2-11H2,1H3,(H2,15,18). The second-order valence-electron chi connectivity index (χ2n) is 5.83. The van der Waals surface area contributed by atoms with E-state index < -0.39 is 5.54 Å². The molecule has 1 aliphatic heterocycles. The van der Waals surface area contributed by atoms with Crippen LogP contribution in [0.5, 0.6) is 0 Å². The van der Waals surface area contributed by atoms with Gasteiger partial charge in [-0.15, -0.1) is 0 Å². The number of carbonyl (C=O) groups excluding carboxylic acids is 1. The third-order valence-corrected chi connectivity index (χ3v) is 4.38. The lowest BCUT2D eigenvalue weighted by Crippen LogP contribution is -2.63. The van der Waals surface area contributed by atoms with Crippen LogP contribution in [0.2, 0.25) is 0 Å². The van der Waals surface area contributed by atoms with Gasteiger partial charge < -0.3 is 16.0 Å². The highest BCUT2D eigenvalue weighted by Gasteiger charge is 2.50. The van der Waals surface area contributed by atoms with E-state index in [9.17, 15) is 4.79 Å². The van der Waals surface area contributed by atoms with Gasteiger partial charge in [0.1, 0.15) is 5.54 Å². The van der Waals surface area contributed by atoms with Gasteiger partial charge in [0, 0.05) is 6.54 Å². The van der Waals surface area contributed by atoms with Crippen molar-refractivity contribution in [1.29, 1.82) is 0 Å². The topological polar surface area (TPSA) is 58.4 Å². The summed E-state index contributed by atoms with van der Waals surface area (Å²) in [4.78, 5) is 14.4. The Hall–Kier alpha value is -0.610. The summed E-state index contributed by atoms with van der Waals surface area (Å²) in [5.74, 6) is 0.300. The van der Waals surface area contributed by atoms with Crippen molar-refractivity contribution < 1.29 is 4.79 Å². The number of carbonyl (C=O) groups is 1. The summed E-state index contributed by atoms with van der Waals surface area (Å²) < 4.78 is 0. The average molecular weight is 253 g/mol. The fourth-order valence-corrected chi connectivity index (χ4v) is 3.23. The Morgan fingerprint density at radius 3 is 2.33 bits per heavy atom. The molecule has 1 amide bonds. The summed E-state index contributed by atoms with van der Waals surface area (Å²) in [5, 5.41) is 3.41. The third-order valence-electron chi connectivity index (χ3n) is 4.38. The first-order valence-corrected chi connectivity index (χ1v) is 7.46. The third kappa shape index (κ3) is 3.04. The molecule has 1 heterocycles. The fourth-order valence-electron chi connectivity index (χ4n) is 3.23. The number of hydrogen-bond acceptors (Lipinski definition) is 3. The highest BCUT2D eigenvalue weighted by atomic mass is 16.1. The van der Waals surface area contributed by atoms with Crippen LogP contribution in [0, 0.1) is 5.92 Å². The number of nitrogens with zero attached hydrogens (tertiary/aromatic N) is 1. The summed E-state index contributed by atoms with van der Waals surface area (Å²) >= 11 is 0. The van der Waals surface area contributed by atoms with Crippen LogP contribution in [0.15, 0.2) is 0 Å². The summed E-state index contributed by atoms with van der Waals surface area (Å²) in [6.07, 6.45) is 7.44. The molecule has 1 aliphatic carbocycles. The Labute approximate surface area is 110 Å². The largest absolute Gasteiger partial charge is 0.368 e. The molecule has 4 nitrogen and oxygen atoms in total. The Morgan fingerprint density at radius 1 is 1.28 bits per heavy atom. The van der Waals surface area contributed by atoms with Gasteiger partial charge in [-0.25, -0.2) is 0 Å². The highest BCUT2D eigenvalue weighted by Crippen LogP contribution is 2.40. The Bertz CT molecular complexity index is 283. The summed E-state index contributed by atoms with van der Waals surface area (Å²) in [6.45, 7) is 5.91. The van der Waals surface area contributed by atoms with Crippen LogP contribution >= 0.6 is 0 Å². The zero-order valence-electron chi connectivity index (χ0n) is 11.6. The molecule has 2 rings (SSSR count). The number of likely N-dealkylation sites (N-methyl/N-ethyl adjacent to an activating group) is 1. The van der Waals surface area contributed by atoms with Crippen LogP contribution in [0.25, 0.3) is 0 Å². The molecule has 0 spiro atoms. The lowest BCUT2D eigenvalue weighted by Gasteiger charge is -2.36. The van der Waals surface area contributed by atoms with Crippen molar-refractivity contribution in [2.75, 3.05) is 26.2 Å². The van der Waals surface area contributed by atoms with Crippen molar-refractivity contribution in [3.8, 4) is 0 Å². The van der Waals surface area contributed by atoms with Gasteiger partial charge in [-0.1, -0.05) is 19.8 Å². The van der Waals surface area contributed by atoms with E-state index in [1.165, 1.54) is 25.7 Å². The maximum atomic E-state index is 12.0. The zero-order valence-corrected chi connectivity index (χ0v) is 11.6. The van der Waals surface area contributed by atoms with Crippen molar-refractivity contribution in [3.63, 3.8) is 0 Å². The normalized spacial score (nSPS) is 25.4. The summed E-state index contributed by atoms with van der Waals surface area (Å²) in [7, 11) is 0. The maximum Gasteiger partial charge on any atom is 0.239 e. The SMILES string of the molecule is CCNC(CN1CCCCCC1)(C(N)=O)C1CC1. The Balaban J connectivity index is 2.05. The minimum absolute atomic E-state index is 0.156. The van der Waals surface area contributed by atoms with Crippen LogP contribution in [-0.2, 0) is 4.79 Å². The molecule has 0 aromatic rings. The lowest BCUT2D eigenvalue weighted by molar-refractivity contribution is -0.126. The van der Waals surface area contributed by atoms with Gasteiger partial charge in [-0.05, 0) is 51.2 Å². The predicted octanol–water partition coefficient (Wildman–Crippen LogP) is 1.11. The molecule has 1 saturated carbocycles. The first-order valence-electron chi connectivity index (χ1n) is 7.46. The number of nitrogens with one attached hydrogen (secondary N) is 1. The first-order chi connectivity index (χ1) is 8.69. The van der Waals surface area contributed by atoms with Gasteiger partial charge in [0.2, 0.25) is 5.91 Å². The molecule has 4 heteroatoms. The van der Waals surface area contributed by atoms with E-state index in [0.29, 0.717) is 5.92 Å². The van der Waals surface area contributed by atoms with Crippen LogP contribution in [0.3, 0.4) is 0 Å². The second kappa shape index (κ2) is 6.02. The number of rotatable bonds is 6. The monoisotopic (exact) mass is 253 g/mol. The van der Waals surface area contributed by atoms with Gasteiger partial charge in [0.25, 0.3) is 0 Å². The van der Waals surface area contributed by atoms with Crippen LogP contribution in [0.1, 0.15) is 45.4 Å². The van der Waals surface area contributed by atoms with Gasteiger partial charge in [0.15, 0.2) is 0 Å². The zero-order chi connectivity index (χ0) is 13.0. The molecule has 0 aromatic heterocycles. The van der Waals surface area contributed by atoms with Gasteiger partial charge >= 0.3 is 0 Å². The maximum absolute atomic E-state index is 12.0. The molecule has 1 atom stereocenters. The van der Waals surface area contributed by atoms with Crippen molar-refractivity contribution in [2.24, 2.45) is 11.7 Å². The van der Waals surface area contributed by atoms with E-state index in [1.807, 2.05) is 0 Å². The highest BCUT2D eigenvalue weighted by molar-refractivity contribution is 5.86. The summed E-state index contributed by atoms with van der Waals surface area (Å²) in [5.41, 5.74) is 5.25. The Morgan fingerprint density at radius 2 is 1.89 bits per heavy atom. The molecule has 3 N–H and O–H groups in total. The van der Waals surface area contributed by atoms with Gasteiger partial charge in [-0.3, -0.25) is 4.79 Å². The average Bonchev–Trinajstić information content (AvgIpc) is 3.16. The minimum Gasteiger partial charge on any atom is -0.368 e. The quantitative estimate of drug-likeness (QED) is 0.745. The van der Waals surface area contributed by atoms with E-state index in [2.05, 4.69) is 17.1 Å². The lowest BCUT2D eigenvalue weighted by atomic mass is 9.91. The van der Waals surface area contributed by atoms with Crippen molar-refractivity contribution in [3.05, 3.63) is 0 Å². The number of likely N-dealkylation sites (tertiary alicyclic amines) is 1. The molecular weight excluding hydrogens is 226 g/mol. The molecule has 0 bridgehead atoms. The number of nitrogens with two attached hydrogens (primary N) is 1. The van der Waals surface area contributed by atoms with Crippen LogP contribution in [-0.4, -0.2) is 42.5 Å². The minimum atomic E-state index is -0.473. The van der Waals surface area contributed by atoms with Crippen LogP contribution < -0.4 is 11.1 Å². The second-order valence-corrected chi connectivity index (χ2v) is 5.83. The van der Waals surface area contributed by atoms with Crippen molar-refractivity contribution >= 4 is 5.91 Å². The molecule has 0 aromatic carbocycles. The van der Waals surface area contributed by atoms with E-state index in [4.69, 9.17) is 5.73 Å². The number of amides is 1. The molecule has 18 heavy (non-hydrogen) atoms. The molecule has 1 unspecified atom stereocenters. The molecule has 2 aliphatic rings. The van der Waals surface area contributed by atoms with Gasteiger partial charge in [0.05, 0.1) is 0 Å². The predicted molar refractivity (Wildman–Crippen MR) is 73.2 cm³/mol. The van der Waals surface area contributed by atoms with E-state index >= 15 is 0 Å². The van der Waals surface area contributed by atoms with Gasteiger partial charge in [-0.2, -0.15) is 0 Å². The fraction of sp³-hybridized carbons (Fsp3) is 0.929. The smallest absolute Gasteiger partial charge is 0.239 e. The molecular formula is C14H27N3O. The number of primary amides is 1. The summed E-state index contributed by atoms with van der Waals surface area (Å²) in [6, 6.07) is 0. The van der Waals surface area contributed by atoms with Crippen molar-refractivity contribution in [2.45, 2.75) is 51.0 Å². The van der Waals surface area contributed by atoms with E-state index in [1.54, 1.807) is 0 Å². The molecule has 104 valence electrons. The molecule has 1 saturated heterocycles. The number of hydrogen-bond donors (Lipinski definition) is 2. The van der Waals surface area contributed by atoms with E-state index in [-0.39, 0.29) is 5.91 Å². The Kier molecular flexibility index (Phi) is 4.62. The molecule has 0 radical (unpaired) electrons. The van der Waals surface area contributed by atoms with E-state index in [0.717, 1.165) is 39.0 Å².